The van der Waals surface area contributed by atoms with E-state index in [2.05, 4.69) is 4.98 Å². The third-order valence-corrected chi connectivity index (χ3v) is 6.84. The van der Waals surface area contributed by atoms with Crippen LogP contribution in [-0.2, 0) is 9.47 Å². The van der Waals surface area contributed by atoms with Crippen molar-refractivity contribution in [3.63, 3.8) is 0 Å². The lowest BCUT2D eigenvalue weighted by Crippen LogP contribution is -2.42. The predicted molar refractivity (Wildman–Crippen MR) is 147 cm³/mol. The van der Waals surface area contributed by atoms with Gasteiger partial charge in [-0.2, -0.15) is 0 Å². The van der Waals surface area contributed by atoms with Gasteiger partial charge in [-0.1, -0.05) is 0 Å². The standard InChI is InChI=1S/C30H36FN3O6/c1-30(2,3)40-29(37)34-16-13-19(14-17-34)24(15-18-35)27-32-25(26(33-27)28(36)38-4)20-5-9-22(10-6-20)39-23-11-7-21(31)8-12-23/h5-12,19,24,35H,13-18H2,1-4H3,(H,32,33). The first kappa shape index (κ1) is 29.1. The molecule has 3 aromatic rings. The van der Waals surface area contributed by atoms with Crippen molar-refractivity contribution in [2.75, 3.05) is 26.8 Å². The van der Waals surface area contributed by atoms with E-state index in [9.17, 15) is 19.1 Å². The number of amides is 1. The second-order valence-corrected chi connectivity index (χ2v) is 10.8. The molecule has 1 atom stereocenters. The number of likely N-dealkylation sites (tertiary alicyclic amines) is 1. The molecule has 1 aromatic heterocycles. The number of esters is 1. The zero-order valence-corrected chi connectivity index (χ0v) is 23.3. The third-order valence-electron chi connectivity index (χ3n) is 6.84. The Balaban J connectivity index is 1.54. The van der Waals surface area contributed by atoms with E-state index in [1.807, 2.05) is 20.8 Å². The minimum absolute atomic E-state index is 0.0457. The van der Waals surface area contributed by atoms with Crippen molar-refractivity contribution in [1.82, 2.24) is 14.9 Å². The smallest absolute Gasteiger partial charge is 0.410 e. The van der Waals surface area contributed by atoms with Crippen LogP contribution in [0.4, 0.5) is 9.18 Å². The average Bonchev–Trinajstić information content (AvgIpc) is 3.37. The molecule has 1 amide bonds. The largest absolute Gasteiger partial charge is 0.464 e. The Hall–Kier alpha value is -3.92. The van der Waals surface area contributed by atoms with Crippen LogP contribution >= 0.6 is 0 Å². The summed E-state index contributed by atoms with van der Waals surface area (Å²) < 4.78 is 29.5. The molecule has 0 aliphatic carbocycles. The molecule has 0 spiro atoms. The van der Waals surface area contributed by atoms with E-state index in [0.29, 0.717) is 60.9 Å². The number of aromatic amines is 1. The fourth-order valence-electron chi connectivity index (χ4n) is 4.89. The van der Waals surface area contributed by atoms with E-state index in [4.69, 9.17) is 19.2 Å². The molecule has 1 fully saturated rings. The summed E-state index contributed by atoms with van der Waals surface area (Å²) in [6.07, 6.45) is 1.55. The first-order valence-electron chi connectivity index (χ1n) is 13.4. The van der Waals surface area contributed by atoms with Gasteiger partial charge in [0.1, 0.15) is 34.4 Å². The zero-order chi connectivity index (χ0) is 28.9. The molecule has 2 heterocycles. The van der Waals surface area contributed by atoms with Gasteiger partial charge in [0.2, 0.25) is 0 Å². The van der Waals surface area contributed by atoms with Crippen molar-refractivity contribution in [3.8, 4) is 22.8 Å². The number of H-pyrrole nitrogens is 1. The number of nitrogens with zero attached hydrogens (tertiary/aromatic N) is 2. The Bertz CT molecular complexity index is 1290. The van der Waals surface area contributed by atoms with E-state index in [1.165, 1.54) is 31.4 Å². The van der Waals surface area contributed by atoms with Crippen LogP contribution in [0.25, 0.3) is 11.3 Å². The highest BCUT2D eigenvalue weighted by Gasteiger charge is 2.33. The number of carbonyl (C=O) groups excluding carboxylic acids is 2. The highest BCUT2D eigenvalue weighted by atomic mass is 19.1. The summed E-state index contributed by atoms with van der Waals surface area (Å²) in [5.41, 5.74) is 0.771. The van der Waals surface area contributed by atoms with Crippen LogP contribution in [0.5, 0.6) is 11.5 Å². The molecular formula is C30H36FN3O6. The summed E-state index contributed by atoms with van der Waals surface area (Å²) in [7, 11) is 1.31. The third kappa shape index (κ3) is 7.18. The molecule has 0 bridgehead atoms. The van der Waals surface area contributed by atoms with Gasteiger partial charge in [0.15, 0.2) is 5.69 Å². The number of piperidine rings is 1. The van der Waals surface area contributed by atoms with Crippen LogP contribution in [-0.4, -0.2) is 64.4 Å². The maximum atomic E-state index is 13.2. The molecule has 1 saturated heterocycles. The molecule has 1 aliphatic rings. The van der Waals surface area contributed by atoms with Gasteiger partial charge in [-0.25, -0.2) is 19.0 Å². The molecule has 10 heteroatoms. The zero-order valence-electron chi connectivity index (χ0n) is 23.3. The van der Waals surface area contributed by atoms with Crippen molar-refractivity contribution in [2.24, 2.45) is 5.92 Å². The molecule has 40 heavy (non-hydrogen) atoms. The Kier molecular flexibility index (Phi) is 9.09. The van der Waals surface area contributed by atoms with Crippen molar-refractivity contribution in [2.45, 2.75) is 51.6 Å². The van der Waals surface area contributed by atoms with Crippen molar-refractivity contribution >= 4 is 12.1 Å². The highest BCUT2D eigenvalue weighted by molar-refractivity contribution is 5.94. The minimum atomic E-state index is -0.562. The lowest BCUT2D eigenvalue weighted by atomic mass is 9.82. The molecule has 0 saturated carbocycles. The van der Waals surface area contributed by atoms with Gasteiger partial charge >= 0.3 is 12.1 Å². The SMILES string of the molecule is COC(=O)c1[nH]c(C(CCO)C2CCN(C(=O)OC(C)(C)C)CC2)nc1-c1ccc(Oc2ccc(F)cc2)cc1. The van der Waals surface area contributed by atoms with Gasteiger partial charge in [-0.05, 0) is 94.5 Å². The molecule has 2 aromatic carbocycles. The van der Waals surface area contributed by atoms with Crippen LogP contribution in [0, 0.1) is 11.7 Å². The maximum Gasteiger partial charge on any atom is 0.410 e. The van der Waals surface area contributed by atoms with Gasteiger partial charge in [-0.15, -0.1) is 0 Å². The molecule has 0 radical (unpaired) electrons. The number of halogens is 1. The van der Waals surface area contributed by atoms with Gasteiger partial charge in [-0.3, -0.25) is 0 Å². The van der Waals surface area contributed by atoms with E-state index in [0.717, 1.165) is 0 Å². The van der Waals surface area contributed by atoms with Crippen LogP contribution in [0.1, 0.15) is 62.3 Å². The molecule has 9 nitrogen and oxygen atoms in total. The number of aromatic nitrogens is 2. The molecule has 1 unspecified atom stereocenters. The Morgan fingerprint density at radius 1 is 1.07 bits per heavy atom. The topological polar surface area (TPSA) is 114 Å². The van der Waals surface area contributed by atoms with E-state index in [1.54, 1.807) is 29.2 Å². The fraction of sp³-hybridized carbons (Fsp3) is 0.433. The molecule has 1 aliphatic heterocycles. The number of hydrogen-bond acceptors (Lipinski definition) is 7. The molecule has 214 valence electrons. The fourth-order valence-corrected chi connectivity index (χ4v) is 4.89. The number of nitrogens with one attached hydrogen (secondary N) is 1. The van der Waals surface area contributed by atoms with Crippen molar-refractivity contribution < 1.29 is 33.3 Å². The van der Waals surface area contributed by atoms with Gasteiger partial charge in [0.25, 0.3) is 0 Å². The number of rotatable bonds is 8. The lowest BCUT2D eigenvalue weighted by Gasteiger charge is -2.36. The lowest BCUT2D eigenvalue weighted by molar-refractivity contribution is 0.0168. The second-order valence-electron chi connectivity index (χ2n) is 10.8. The van der Waals surface area contributed by atoms with E-state index < -0.39 is 11.6 Å². The average molecular weight is 554 g/mol. The predicted octanol–water partition coefficient (Wildman–Crippen LogP) is 5.91. The highest BCUT2D eigenvalue weighted by Crippen LogP contribution is 2.36. The number of hydrogen-bond donors (Lipinski definition) is 2. The number of benzene rings is 2. The molecular weight excluding hydrogens is 517 g/mol. The Labute approximate surface area is 233 Å². The van der Waals surface area contributed by atoms with Crippen molar-refractivity contribution in [1.29, 1.82) is 0 Å². The van der Waals surface area contributed by atoms with Gasteiger partial charge in [0, 0.05) is 31.2 Å². The first-order chi connectivity index (χ1) is 19.1. The van der Waals surface area contributed by atoms with E-state index >= 15 is 0 Å². The number of methoxy groups -OCH3 is 1. The van der Waals surface area contributed by atoms with Gasteiger partial charge < -0.3 is 29.2 Å². The van der Waals surface area contributed by atoms with Crippen molar-refractivity contribution in [3.05, 3.63) is 65.9 Å². The van der Waals surface area contributed by atoms with E-state index in [-0.39, 0.29) is 36.0 Å². The summed E-state index contributed by atoms with van der Waals surface area (Å²) in [6, 6.07) is 12.8. The number of aliphatic hydroxyl groups excluding tert-OH is 1. The summed E-state index contributed by atoms with van der Waals surface area (Å²) in [6.45, 7) is 6.55. The van der Waals surface area contributed by atoms with Crippen LogP contribution in [0.15, 0.2) is 48.5 Å². The Morgan fingerprint density at radius 2 is 1.68 bits per heavy atom. The number of aliphatic hydroxyl groups is 1. The summed E-state index contributed by atoms with van der Waals surface area (Å²) in [5, 5.41) is 9.86. The summed E-state index contributed by atoms with van der Waals surface area (Å²) in [4.78, 5) is 34.9. The normalized spacial score (nSPS) is 15.0. The van der Waals surface area contributed by atoms with Crippen LogP contribution in [0.2, 0.25) is 0 Å². The van der Waals surface area contributed by atoms with Crippen LogP contribution < -0.4 is 4.74 Å². The quantitative estimate of drug-likeness (QED) is 0.334. The van der Waals surface area contributed by atoms with Gasteiger partial charge in [0.05, 0.1) is 7.11 Å². The summed E-state index contributed by atoms with van der Waals surface area (Å²) >= 11 is 0. The van der Waals surface area contributed by atoms with Crippen LogP contribution in [0.3, 0.4) is 0 Å². The summed E-state index contributed by atoms with van der Waals surface area (Å²) in [5.74, 6) is 0.720. The molecule has 4 rings (SSSR count). The maximum absolute atomic E-state index is 13.2. The number of imidazole rings is 1. The first-order valence-corrected chi connectivity index (χ1v) is 13.4. The Morgan fingerprint density at radius 3 is 2.23 bits per heavy atom. The monoisotopic (exact) mass is 553 g/mol. The molecule has 2 N–H and O–H groups in total. The number of ether oxygens (including phenoxy) is 3. The minimum Gasteiger partial charge on any atom is -0.464 e. The second kappa shape index (κ2) is 12.5. The number of carbonyl (C=O) groups is 2.